The predicted octanol–water partition coefficient (Wildman–Crippen LogP) is 0.767. The molecule has 2 heterocycles. The number of thiophene rings is 1. The van der Waals surface area contributed by atoms with Crippen molar-refractivity contribution in [3.8, 4) is 11.8 Å². The predicted molar refractivity (Wildman–Crippen MR) is 77.5 cm³/mol. The van der Waals surface area contributed by atoms with E-state index < -0.39 is 0 Å². The van der Waals surface area contributed by atoms with Gasteiger partial charge in [0.05, 0.1) is 29.6 Å². The van der Waals surface area contributed by atoms with E-state index in [1.54, 1.807) is 0 Å². The number of hydrogen-bond acceptors (Lipinski definition) is 5. The Hall–Kier alpha value is -1.39. The molecule has 1 saturated heterocycles. The van der Waals surface area contributed by atoms with E-state index in [0.717, 1.165) is 10.4 Å². The number of rotatable bonds is 3. The Morgan fingerprint density at radius 2 is 2.30 bits per heavy atom. The van der Waals surface area contributed by atoms with Crippen LogP contribution in [-0.2, 0) is 4.74 Å². The number of nitrogens with one attached hydrogen (secondary N) is 1. The monoisotopic (exact) mass is 294 g/mol. The molecule has 0 saturated carbocycles. The Bertz CT molecular complexity index is 524. The van der Waals surface area contributed by atoms with Crippen molar-refractivity contribution in [2.75, 3.05) is 32.9 Å². The zero-order valence-electron chi connectivity index (χ0n) is 11.4. The van der Waals surface area contributed by atoms with Crippen molar-refractivity contribution in [2.45, 2.75) is 13.3 Å². The first kappa shape index (κ1) is 15.0. The van der Waals surface area contributed by atoms with E-state index in [9.17, 15) is 4.79 Å². The number of carbonyl (C=O) groups is 1. The molecule has 108 valence electrons. The minimum absolute atomic E-state index is 0.0573. The Balaban J connectivity index is 1.99. The average Bonchev–Trinajstić information content (AvgIpc) is 2.82. The zero-order chi connectivity index (χ0) is 14.4. The molecule has 2 N–H and O–H groups in total. The normalized spacial score (nSPS) is 15.5. The van der Waals surface area contributed by atoms with Gasteiger partial charge in [-0.15, -0.1) is 11.3 Å². The first-order chi connectivity index (χ1) is 9.70. The summed E-state index contributed by atoms with van der Waals surface area (Å²) in [7, 11) is 0. The van der Waals surface area contributed by atoms with Crippen molar-refractivity contribution in [1.82, 2.24) is 10.4 Å². The molecule has 0 aromatic carbocycles. The largest absolute Gasteiger partial charge is 0.395 e. The Kier molecular flexibility index (Phi) is 5.56. The van der Waals surface area contributed by atoms with Crippen LogP contribution in [-0.4, -0.2) is 48.9 Å². The van der Waals surface area contributed by atoms with Crippen LogP contribution < -0.4 is 5.43 Å². The highest BCUT2D eigenvalue weighted by molar-refractivity contribution is 7.14. The van der Waals surface area contributed by atoms with Crippen molar-refractivity contribution < 1.29 is 14.6 Å². The summed E-state index contributed by atoms with van der Waals surface area (Å²) in [6.45, 7) is 4.69. The molecule has 0 atom stereocenters. The van der Waals surface area contributed by atoms with E-state index in [1.807, 2.05) is 18.0 Å². The van der Waals surface area contributed by atoms with Crippen molar-refractivity contribution in [1.29, 1.82) is 0 Å². The molecule has 1 amide bonds. The van der Waals surface area contributed by atoms with Gasteiger partial charge in [-0.2, -0.15) is 0 Å². The quantitative estimate of drug-likeness (QED) is 0.808. The summed E-state index contributed by atoms with van der Waals surface area (Å²) in [4.78, 5) is 13.7. The number of morpholine rings is 1. The number of aliphatic hydroxyl groups is 1. The first-order valence-corrected chi connectivity index (χ1v) is 7.36. The summed E-state index contributed by atoms with van der Waals surface area (Å²) in [5, 5.41) is 10.6. The van der Waals surface area contributed by atoms with Crippen molar-refractivity contribution in [3.63, 3.8) is 0 Å². The molecule has 5 nitrogen and oxygen atoms in total. The van der Waals surface area contributed by atoms with Gasteiger partial charge in [0.2, 0.25) is 0 Å². The van der Waals surface area contributed by atoms with Crippen molar-refractivity contribution in [2.24, 2.45) is 0 Å². The molecule has 0 radical (unpaired) electrons. The number of carbonyl (C=O) groups excluding carboxylic acids is 1. The van der Waals surface area contributed by atoms with E-state index in [0.29, 0.717) is 37.6 Å². The molecule has 1 fully saturated rings. The molecule has 1 aromatic heterocycles. The minimum Gasteiger partial charge on any atom is -0.395 e. The van der Waals surface area contributed by atoms with Crippen LogP contribution in [0.3, 0.4) is 0 Å². The number of hydrazine groups is 1. The molecule has 2 rings (SSSR count). The second-order valence-electron chi connectivity index (χ2n) is 4.44. The number of ether oxygens (including phenoxy) is 1. The van der Waals surface area contributed by atoms with Crippen molar-refractivity contribution >= 4 is 17.2 Å². The highest BCUT2D eigenvalue weighted by Gasteiger charge is 2.16. The van der Waals surface area contributed by atoms with Crippen LogP contribution >= 0.6 is 11.3 Å². The number of aryl methyl sites for hydroxylation is 1. The molecule has 1 aromatic rings. The summed E-state index contributed by atoms with van der Waals surface area (Å²) < 4.78 is 5.24. The maximum atomic E-state index is 12.1. The fourth-order valence-electron chi connectivity index (χ4n) is 1.79. The molecule has 20 heavy (non-hydrogen) atoms. The van der Waals surface area contributed by atoms with Crippen LogP contribution in [0.15, 0.2) is 6.07 Å². The van der Waals surface area contributed by atoms with Crippen LogP contribution in [0.1, 0.15) is 26.5 Å². The maximum absolute atomic E-state index is 12.1. The highest BCUT2D eigenvalue weighted by Crippen LogP contribution is 2.21. The molecule has 0 spiro atoms. The maximum Gasteiger partial charge on any atom is 0.275 e. The van der Waals surface area contributed by atoms with E-state index in [2.05, 4.69) is 17.3 Å². The average molecular weight is 294 g/mol. The molecule has 1 aliphatic rings. The van der Waals surface area contributed by atoms with Gasteiger partial charge in [-0.1, -0.05) is 11.8 Å². The van der Waals surface area contributed by atoms with Crippen LogP contribution in [0.4, 0.5) is 0 Å². The van der Waals surface area contributed by atoms with Crippen molar-refractivity contribution in [3.05, 3.63) is 21.4 Å². The van der Waals surface area contributed by atoms with E-state index in [1.165, 1.54) is 11.3 Å². The summed E-state index contributed by atoms with van der Waals surface area (Å²) in [5.74, 6) is 5.76. The van der Waals surface area contributed by atoms with Gasteiger partial charge in [0.15, 0.2) is 0 Å². The van der Waals surface area contributed by atoms with E-state index in [4.69, 9.17) is 9.84 Å². The van der Waals surface area contributed by atoms with Gasteiger partial charge in [-0.3, -0.25) is 10.2 Å². The molecule has 6 heteroatoms. The lowest BCUT2D eigenvalue weighted by molar-refractivity contribution is 0.0127. The van der Waals surface area contributed by atoms with Crippen LogP contribution in [0, 0.1) is 18.8 Å². The lowest BCUT2D eigenvalue weighted by Gasteiger charge is -2.26. The third kappa shape index (κ3) is 4.05. The fraction of sp³-hybridized carbons (Fsp3) is 0.500. The standard InChI is InChI=1S/C14H18N2O3S/c1-11-10-13(20-12(11)4-2-3-7-17)14(18)15-16-5-8-19-9-6-16/h10,17H,3,5-9H2,1H3,(H,15,18). The molecule has 0 bridgehead atoms. The molecular formula is C14H18N2O3S. The van der Waals surface area contributed by atoms with E-state index >= 15 is 0 Å². The van der Waals surface area contributed by atoms with Gasteiger partial charge < -0.3 is 9.84 Å². The second kappa shape index (κ2) is 7.41. The third-order valence-corrected chi connectivity index (χ3v) is 4.00. The summed E-state index contributed by atoms with van der Waals surface area (Å²) in [6.07, 6.45) is 0.451. The third-order valence-electron chi connectivity index (χ3n) is 2.85. The Morgan fingerprint density at radius 3 is 3.00 bits per heavy atom. The summed E-state index contributed by atoms with van der Waals surface area (Å²) in [5.41, 5.74) is 3.87. The first-order valence-electron chi connectivity index (χ1n) is 6.54. The van der Waals surface area contributed by atoms with Gasteiger partial charge in [-0.25, -0.2) is 5.01 Å². The number of aliphatic hydroxyl groups excluding tert-OH is 1. The SMILES string of the molecule is Cc1cc(C(=O)NN2CCOCC2)sc1C#CCCO. The minimum atomic E-state index is -0.102. The topological polar surface area (TPSA) is 61.8 Å². The number of amides is 1. The van der Waals surface area contributed by atoms with Crippen LogP contribution in [0.5, 0.6) is 0 Å². The van der Waals surface area contributed by atoms with E-state index in [-0.39, 0.29) is 12.5 Å². The lowest BCUT2D eigenvalue weighted by Crippen LogP contribution is -2.48. The van der Waals surface area contributed by atoms with Crippen LogP contribution in [0.25, 0.3) is 0 Å². The fourth-order valence-corrected chi connectivity index (χ4v) is 2.73. The van der Waals surface area contributed by atoms with Gasteiger partial charge in [0, 0.05) is 19.5 Å². The summed E-state index contributed by atoms with van der Waals surface area (Å²) in [6, 6.07) is 1.85. The Morgan fingerprint density at radius 1 is 1.55 bits per heavy atom. The molecule has 0 unspecified atom stereocenters. The second-order valence-corrected chi connectivity index (χ2v) is 5.49. The molecule has 1 aliphatic heterocycles. The lowest BCUT2D eigenvalue weighted by atomic mass is 10.2. The number of nitrogens with zero attached hydrogens (tertiary/aromatic N) is 1. The van der Waals surface area contributed by atoms with Gasteiger partial charge in [-0.05, 0) is 18.6 Å². The smallest absolute Gasteiger partial charge is 0.275 e. The van der Waals surface area contributed by atoms with Gasteiger partial charge >= 0.3 is 0 Å². The zero-order valence-corrected chi connectivity index (χ0v) is 12.3. The van der Waals surface area contributed by atoms with Crippen LogP contribution in [0.2, 0.25) is 0 Å². The van der Waals surface area contributed by atoms with Gasteiger partial charge in [0.1, 0.15) is 0 Å². The summed E-state index contributed by atoms with van der Waals surface area (Å²) >= 11 is 1.38. The van der Waals surface area contributed by atoms with Gasteiger partial charge in [0.25, 0.3) is 5.91 Å². The number of hydrogen-bond donors (Lipinski definition) is 2. The Labute approximate surface area is 122 Å². The molecular weight excluding hydrogens is 276 g/mol. The molecule has 0 aliphatic carbocycles. The highest BCUT2D eigenvalue weighted by atomic mass is 32.1.